The fraction of sp³-hybridized carbons (Fsp3) is 0.583. The fourth-order valence-corrected chi connectivity index (χ4v) is 5.17. The second kappa shape index (κ2) is 25.4. The van der Waals surface area contributed by atoms with Crippen LogP contribution in [0, 0.1) is 0 Å². The second-order valence-corrected chi connectivity index (χ2v) is 12.9. The van der Waals surface area contributed by atoms with Crippen molar-refractivity contribution in [2.24, 2.45) is 0 Å². The Morgan fingerprint density at radius 3 is 2.07 bits per heavy atom. The molecule has 1 aliphatic carbocycles. The van der Waals surface area contributed by atoms with Crippen molar-refractivity contribution >= 4 is 53.4 Å². The summed E-state index contributed by atoms with van der Waals surface area (Å²) in [6.07, 6.45) is 5.82. The molecule has 0 aromatic heterocycles. The van der Waals surface area contributed by atoms with E-state index in [4.69, 9.17) is 19.4 Å². The SMILES string of the molecule is C=C1CCC(=O)N1OC(=O)CCOCCOCCC(=O)NCC(=O)N[C@H](CCC(=O)O)C(=O)NCC(=O)N[C@H](CCCCNC(=O)C1=CCCC(C)=C1)C(=O)O. The lowest BCUT2D eigenvalue weighted by molar-refractivity contribution is -0.187. The maximum Gasteiger partial charge on any atom is 0.335 e. The predicted molar refractivity (Wildman–Crippen MR) is 195 cm³/mol. The van der Waals surface area contributed by atoms with Crippen LogP contribution in [0.5, 0.6) is 0 Å². The Labute approximate surface area is 323 Å². The highest BCUT2D eigenvalue weighted by Gasteiger charge is 2.28. The van der Waals surface area contributed by atoms with Crippen LogP contribution < -0.4 is 26.6 Å². The van der Waals surface area contributed by atoms with Crippen LogP contribution in [0.25, 0.3) is 0 Å². The topological polar surface area (TPSA) is 285 Å². The van der Waals surface area contributed by atoms with Gasteiger partial charge in [0.25, 0.3) is 11.8 Å². The number of hydrogen-bond acceptors (Lipinski definition) is 12. The molecule has 2 aliphatic rings. The quantitative estimate of drug-likeness (QED) is 0.0517. The highest BCUT2D eigenvalue weighted by molar-refractivity contribution is 5.96. The molecule has 20 nitrogen and oxygen atoms in total. The summed E-state index contributed by atoms with van der Waals surface area (Å²) < 4.78 is 10.6. The molecule has 56 heavy (non-hydrogen) atoms. The third kappa shape index (κ3) is 19.1. The van der Waals surface area contributed by atoms with Crippen LogP contribution in [0.1, 0.15) is 77.6 Å². The first-order chi connectivity index (χ1) is 26.7. The smallest absolute Gasteiger partial charge is 0.335 e. The summed E-state index contributed by atoms with van der Waals surface area (Å²) in [6.45, 7) is 4.88. The number of ether oxygens (including phenoxy) is 2. The normalized spacial score (nSPS) is 14.8. The predicted octanol–water partition coefficient (Wildman–Crippen LogP) is -0.501. The van der Waals surface area contributed by atoms with Crippen molar-refractivity contribution < 1.29 is 67.7 Å². The van der Waals surface area contributed by atoms with E-state index < -0.39 is 73.1 Å². The van der Waals surface area contributed by atoms with Gasteiger partial charge in [0.1, 0.15) is 12.1 Å². The maximum absolute atomic E-state index is 12.8. The van der Waals surface area contributed by atoms with Gasteiger partial charge in [0.05, 0.1) is 51.6 Å². The molecule has 0 saturated carbocycles. The summed E-state index contributed by atoms with van der Waals surface area (Å²) >= 11 is 0. The Bertz CT molecular complexity index is 1510. The van der Waals surface area contributed by atoms with E-state index in [0.717, 1.165) is 23.5 Å². The van der Waals surface area contributed by atoms with E-state index in [9.17, 15) is 48.3 Å². The second-order valence-electron chi connectivity index (χ2n) is 12.9. The Hall–Kier alpha value is -5.63. The van der Waals surface area contributed by atoms with Gasteiger partial charge in [-0.1, -0.05) is 24.3 Å². The van der Waals surface area contributed by atoms with E-state index in [1.54, 1.807) is 0 Å². The van der Waals surface area contributed by atoms with Crippen molar-refractivity contribution in [3.63, 3.8) is 0 Å². The molecule has 6 amide bonds. The average molecular weight is 793 g/mol. The average Bonchev–Trinajstić information content (AvgIpc) is 3.46. The lowest BCUT2D eigenvalue weighted by atomic mass is 10.0. The Morgan fingerprint density at radius 2 is 1.45 bits per heavy atom. The lowest BCUT2D eigenvalue weighted by Gasteiger charge is -2.19. The zero-order valence-corrected chi connectivity index (χ0v) is 31.5. The van der Waals surface area contributed by atoms with Crippen molar-refractivity contribution in [2.75, 3.05) is 46.1 Å². The number of unbranched alkanes of at least 4 members (excludes halogenated alkanes) is 1. The lowest BCUT2D eigenvalue weighted by Crippen LogP contribution is -2.52. The first kappa shape index (κ1) is 46.5. The molecule has 1 aliphatic heterocycles. The van der Waals surface area contributed by atoms with Crippen LogP contribution in [0.15, 0.2) is 35.6 Å². The van der Waals surface area contributed by atoms with Gasteiger partial charge in [-0.3, -0.25) is 33.6 Å². The molecule has 2 rings (SSSR count). The summed E-state index contributed by atoms with van der Waals surface area (Å²) in [4.78, 5) is 113. The van der Waals surface area contributed by atoms with E-state index in [1.807, 2.05) is 19.1 Å². The van der Waals surface area contributed by atoms with Gasteiger partial charge in [-0.05, 0) is 51.9 Å². The summed E-state index contributed by atoms with van der Waals surface area (Å²) in [7, 11) is 0. The minimum Gasteiger partial charge on any atom is -0.481 e. The van der Waals surface area contributed by atoms with Crippen LogP contribution in [0.2, 0.25) is 0 Å². The van der Waals surface area contributed by atoms with E-state index in [1.165, 1.54) is 0 Å². The maximum atomic E-state index is 12.8. The number of nitrogens with zero attached hydrogens (tertiary/aromatic N) is 1. The number of amides is 6. The zero-order valence-electron chi connectivity index (χ0n) is 31.5. The largest absolute Gasteiger partial charge is 0.481 e. The number of hydrogen-bond donors (Lipinski definition) is 7. The number of carbonyl (C=O) groups excluding carboxylic acids is 7. The molecule has 7 N–H and O–H groups in total. The number of rotatable bonds is 27. The molecule has 310 valence electrons. The van der Waals surface area contributed by atoms with Crippen LogP contribution >= 0.6 is 0 Å². The number of aliphatic carboxylic acids is 2. The summed E-state index contributed by atoms with van der Waals surface area (Å²) in [5.41, 5.74) is 2.10. The van der Waals surface area contributed by atoms with Gasteiger partial charge < -0.3 is 51.1 Å². The molecule has 0 aromatic rings. The van der Waals surface area contributed by atoms with Gasteiger partial charge in [0, 0.05) is 31.4 Å². The number of carbonyl (C=O) groups is 9. The highest BCUT2D eigenvalue weighted by atomic mass is 16.7. The van der Waals surface area contributed by atoms with E-state index in [2.05, 4.69) is 33.2 Å². The zero-order chi connectivity index (χ0) is 41.5. The molecule has 0 aromatic carbocycles. The van der Waals surface area contributed by atoms with Gasteiger partial charge in [-0.25, -0.2) is 9.59 Å². The van der Waals surface area contributed by atoms with E-state index in [0.29, 0.717) is 37.1 Å². The molecular formula is C36H52N6O14. The molecule has 1 heterocycles. The number of hydroxylamine groups is 2. The van der Waals surface area contributed by atoms with Crippen molar-refractivity contribution in [3.8, 4) is 0 Å². The number of nitrogens with one attached hydrogen (secondary N) is 5. The van der Waals surface area contributed by atoms with Crippen LogP contribution in [-0.4, -0.2) is 127 Å². The minimum atomic E-state index is -1.38. The summed E-state index contributed by atoms with van der Waals surface area (Å²) in [5, 5.41) is 31.5. The summed E-state index contributed by atoms with van der Waals surface area (Å²) in [6, 6.07) is -2.66. The Morgan fingerprint density at radius 1 is 0.786 bits per heavy atom. The molecule has 20 heteroatoms. The van der Waals surface area contributed by atoms with Crippen molar-refractivity contribution in [1.82, 2.24) is 31.6 Å². The Kier molecular flexibility index (Phi) is 21.1. The van der Waals surface area contributed by atoms with Crippen LogP contribution in [0.3, 0.4) is 0 Å². The van der Waals surface area contributed by atoms with Gasteiger partial charge in [-0.15, -0.1) is 5.06 Å². The van der Waals surface area contributed by atoms with Gasteiger partial charge >= 0.3 is 17.9 Å². The highest BCUT2D eigenvalue weighted by Crippen LogP contribution is 2.21. The molecule has 0 bridgehead atoms. The standard InChI is InChI=1S/C36H52N6O14/c1-23-6-5-7-25(20-23)34(50)37-15-4-3-8-27(36(52)53)41-30(45)22-39-35(51)26(10-12-32(47)48)40-29(44)21-38-28(43)13-16-54-18-19-55-17-14-33(49)56-42-24(2)9-11-31(42)46/h7,20,26-27H,2-6,8-19,21-22H2,1H3,(H,37,50)(H,38,43)(H,39,51)(H,40,44)(H,41,45)(H,47,48)(H,52,53)/t26-,27-/m1/s1. The van der Waals surface area contributed by atoms with Gasteiger partial charge in [-0.2, -0.15) is 0 Å². The molecule has 0 radical (unpaired) electrons. The van der Waals surface area contributed by atoms with Crippen molar-refractivity contribution in [2.45, 2.75) is 89.6 Å². The number of carboxylic acids is 2. The van der Waals surface area contributed by atoms with Crippen LogP contribution in [-0.2, 0) is 57.5 Å². The van der Waals surface area contributed by atoms with Crippen molar-refractivity contribution in [3.05, 3.63) is 35.6 Å². The van der Waals surface area contributed by atoms with Gasteiger partial charge in [0.15, 0.2) is 0 Å². The third-order valence-electron chi connectivity index (χ3n) is 8.20. The molecule has 0 spiro atoms. The van der Waals surface area contributed by atoms with Crippen molar-refractivity contribution in [1.29, 1.82) is 0 Å². The van der Waals surface area contributed by atoms with E-state index >= 15 is 0 Å². The first-order valence-electron chi connectivity index (χ1n) is 18.3. The van der Waals surface area contributed by atoms with Crippen LogP contribution in [0.4, 0.5) is 0 Å². The molecule has 0 unspecified atom stereocenters. The molecule has 2 atom stereocenters. The minimum absolute atomic E-state index is 0.0114. The summed E-state index contributed by atoms with van der Waals surface area (Å²) in [5.74, 6) is -6.88. The molecular weight excluding hydrogens is 740 g/mol. The van der Waals surface area contributed by atoms with E-state index in [-0.39, 0.29) is 70.3 Å². The third-order valence-corrected chi connectivity index (χ3v) is 8.20. The molecule has 1 saturated heterocycles. The molecule has 1 fully saturated rings. The number of carboxylic acid groups (broad SMARTS) is 2. The Balaban J connectivity index is 1.63. The first-order valence-corrected chi connectivity index (χ1v) is 18.3. The monoisotopic (exact) mass is 792 g/mol. The number of allylic oxidation sites excluding steroid dienone is 3. The fourth-order valence-electron chi connectivity index (χ4n) is 5.17. The van der Waals surface area contributed by atoms with Gasteiger partial charge in [0.2, 0.25) is 23.6 Å².